The third-order valence-electron chi connectivity index (χ3n) is 2.73. The smallest absolute Gasteiger partial charge is 0.335 e. The van der Waals surface area contributed by atoms with E-state index in [9.17, 15) is 4.79 Å². The maximum atomic E-state index is 10.9. The first-order chi connectivity index (χ1) is 8.56. The maximum Gasteiger partial charge on any atom is 0.335 e. The van der Waals surface area contributed by atoms with E-state index < -0.39 is 5.97 Å². The maximum absolute atomic E-state index is 10.9. The van der Waals surface area contributed by atoms with Crippen molar-refractivity contribution < 1.29 is 15.0 Å². The van der Waals surface area contributed by atoms with Crippen LogP contribution in [0.3, 0.4) is 0 Å². The van der Waals surface area contributed by atoms with Gasteiger partial charge in [0.05, 0.1) is 5.56 Å². The number of halogens is 1. The van der Waals surface area contributed by atoms with Gasteiger partial charge in [-0.25, -0.2) is 9.78 Å². The molecule has 1 rings (SSSR count). The van der Waals surface area contributed by atoms with Crippen LogP contribution in [0.1, 0.15) is 30.1 Å². The fraction of sp³-hybridized carbons (Fsp3) is 0.500. The van der Waals surface area contributed by atoms with Crippen LogP contribution in [0.2, 0.25) is 5.15 Å². The lowest BCUT2D eigenvalue weighted by molar-refractivity contribution is 0.0697. The van der Waals surface area contributed by atoms with E-state index in [4.69, 9.17) is 21.8 Å². The summed E-state index contributed by atoms with van der Waals surface area (Å²) in [6.07, 6.45) is 1.63. The molecular weight excluding hydrogens is 256 g/mol. The van der Waals surface area contributed by atoms with Crippen molar-refractivity contribution in [3.05, 3.63) is 22.8 Å². The summed E-state index contributed by atoms with van der Waals surface area (Å²) in [6.45, 7) is 2.81. The Balaban J connectivity index is 2.69. The Morgan fingerprint density at radius 2 is 2.28 bits per heavy atom. The first-order valence-electron chi connectivity index (χ1n) is 5.82. The number of rotatable bonds is 7. The van der Waals surface area contributed by atoms with Crippen molar-refractivity contribution in [3.63, 3.8) is 0 Å². The third-order valence-corrected chi connectivity index (χ3v) is 2.92. The number of hydrogen-bond donors (Lipinski definition) is 3. The van der Waals surface area contributed by atoms with Crippen molar-refractivity contribution in [2.75, 3.05) is 18.5 Å². The molecule has 1 unspecified atom stereocenters. The molecule has 0 aromatic carbocycles. The third kappa shape index (κ3) is 4.50. The van der Waals surface area contributed by atoms with Crippen LogP contribution in [-0.2, 0) is 0 Å². The molecule has 0 fully saturated rings. The molecule has 0 saturated carbocycles. The average Bonchev–Trinajstić information content (AvgIpc) is 2.33. The van der Waals surface area contributed by atoms with Gasteiger partial charge in [0.25, 0.3) is 0 Å². The largest absolute Gasteiger partial charge is 0.478 e. The zero-order valence-corrected chi connectivity index (χ0v) is 10.9. The summed E-state index contributed by atoms with van der Waals surface area (Å²) in [4.78, 5) is 14.9. The fourth-order valence-electron chi connectivity index (χ4n) is 1.59. The van der Waals surface area contributed by atoms with Crippen LogP contribution in [0, 0.1) is 5.92 Å². The second kappa shape index (κ2) is 7.18. The fourth-order valence-corrected chi connectivity index (χ4v) is 1.80. The Bertz CT molecular complexity index is 412. The van der Waals surface area contributed by atoms with Crippen molar-refractivity contribution in [1.82, 2.24) is 4.98 Å². The summed E-state index contributed by atoms with van der Waals surface area (Å²) in [5.41, 5.74) is 0.104. The van der Waals surface area contributed by atoms with Gasteiger partial charge in [-0.3, -0.25) is 0 Å². The van der Waals surface area contributed by atoms with E-state index in [1.54, 1.807) is 0 Å². The predicted molar refractivity (Wildman–Crippen MR) is 70.2 cm³/mol. The van der Waals surface area contributed by atoms with E-state index >= 15 is 0 Å². The standard InChI is InChI=1S/C12H17ClN2O3/c1-2-8(3-4-16)7-14-11-6-9(12(17)18)5-10(13)15-11/h5-6,8,16H,2-4,7H2,1H3,(H,14,15)(H,17,18). The van der Waals surface area contributed by atoms with Gasteiger partial charge < -0.3 is 15.5 Å². The highest BCUT2D eigenvalue weighted by Crippen LogP contribution is 2.16. The minimum atomic E-state index is -1.04. The van der Waals surface area contributed by atoms with Crippen molar-refractivity contribution in [1.29, 1.82) is 0 Å². The van der Waals surface area contributed by atoms with Crippen LogP contribution in [0.4, 0.5) is 5.82 Å². The number of aliphatic hydroxyl groups excluding tert-OH is 1. The first-order valence-corrected chi connectivity index (χ1v) is 6.20. The number of carbonyl (C=O) groups is 1. The van der Waals surface area contributed by atoms with E-state index in [2.05, 4.69) is 10.3 Å². The van der Waals surface area contributed by atoms with Crippen LogP contribution in [0.25, 0.3) is 0 Å². The summed E-state index contributed by atoms with van der Waals surface area (Å²) in [5, 5.41) is 21.0. The molecule has 0 aliphatic rings. The van der Waals surface area contributed by atoms with Crippen LogP contribution in [-0.4, -0.2) is 34.3 Å². The molecule has 0 aliphatic carbocycles. The number of carboxylic acids is 1. The molecule has 18 heavy (non-hydrogen) atoms. The number of hydrogen-bond acceptors (Lipinski definition) is 4. The molecule has 0 bridgehead atoms. The number of aliphatic hydroxyl groups is 1. The quantitative estimate of drug-likeness (QED) is 0.663. The summed E-state index contributed by atoms with van der Waals surface area (Å²) in [5.74, 6) is -0.273. The molecule has 0 saturated heterocycles. The van der Waals surface area contributed by atoms with Gasteiger partial charge in [0.1, 0.15) is 11.0 Å². The van der Waals surface area contributed by atoms with Gasteiger partial charge >= 0.3 is 5.97 Å². The Kier molecular flexibility index (Phi) is 5.88. The number of nitrogens with zero attached hydrogens (tertiary/aromatic N) is 1. The van der Waals surface area contributed by atoms with Gasteiger partial charge in [-0.15, -0.1) is 0 Å². The molecular formula is C12H17ClN2O3. The van der Waals surface area contributed by atoms with E-state index in [-0.39, 0.29) is 17.3 Å². The van der Waals surface area contributed by atoms with Crippen LogP contribution in [0.5, 0.6) is 0 Å². The molecule has 0 spiro atoms. The van der Waals surface area contributed by atoms with Gasteiger partial charge in [-0.05, 0) is 24.5 Å². The van der Waals surface area contributed by atoms with Crippen LogP contribution >= 0.6 is 11.6 Å². The van der Waals surface area contributed by atoms with Gasteiger partial charge in [0, 0.05) is 13.2 Å². The molecule has 0 aliphatic heterocycles. The molecule has 0 amide bonds. The van der Waals surface area contributed by atoms with E-state index in [0.29, 0.717) is 24.7 Å². The zero-order chi connectivity index (χ0) is 13.5. The van der Waals surface area contributed by atoms with E-state index in [1.807, 2.05) is 6.92 Å². The van der Waals surface area contributed by atoms with E-state index in [1.165, 1.54) is 12.1 Å². The van der Waals surface area contributed by atoms with E-state index in [0.717, 1.165) is 6.42 Å². The van der Waals surface area contributed by atoms with Crippen molar-refractivity contribution in [3.8, 4) is 0 Å². The van der Waals surface area contributed by atoms with Gasteiger partial charge in [0.15, 0.2) is 0 Å². The molecule has 6 heteroatoms. The number of nitrogens with one attached hydrogen (secondary N) is 1. The highest BCUT2D eigenvalue weighted by Gasteiger charge is 2.09. The average molecular weight is 273 g/mol. The Hall–Kier alpha value is -1.33. The minimum absolute atomic E-state index is 0.104. The molecule has 1 aromatic rings. The monoisotopic (exact) mass is 272 g/mol. The van der Waals surface area contributed by atoms with Crippen LogP contribution in [0.15, 0.2) is 12.1 Å². The highest BCUT2D eigenvalue weighted by molar-refractivity contribution is 6.29. The highest BCUT2D eigenvalue weighted by atomic mass is 35.5. The van der Waals surface area contributed by atoms with Gasteiger partial charge in [-0.2, -0.15) is 0 Å². The summed E-state index contributed by atoms with van der Waals surface area (Å²) < 4.78 is 0. The number of aromatic nitrogens is 1. The zero-order valence-electron chi connectivity index (χ0n) is 10.2. The first kappa shape index (κ1) is 14.7. The molecule has 1 aromatic heterocycles. The summed E-state index contributed by atoms with van der Waals surface area (Å²) in [7, 11) is 0. The van der Waals surface area contributed by atoms with Crippen molar-refractivity contribution in [2.45, 2.75) is 19.8 Å². The molecule has 5 nitrogen and oxygen atoms in total. The topological polar surface area (TPSA) is 82.5 Å². The Morgan fingerprint density at radius 1 is 1.56 bits per heavy atom. The Morgan fingerprint density at radius 3 is 2.83 bits per heavy atom. The number of pyridine rings is 1. The molecule has 1 heterocycles. The summed E-state index contributed by atoms with van der Waals surface area (Å²) in [6, 6.07) is 2.75. The number of aromatic carboxylic acids is 1. The molecule has 1 atom stereocenters. The van der Waals surface area contributed by atoms with Gasteiger partial charge in [-0.1, -0.05) is 24.9 Å². The Labute approximate surface area is 111 Å². The SMILES string of the molecule is CCC(CCO)CNc1cc(C(=O)O)cc(Cl)n1. The second-order valence-corrected chi connectivity index (χ2v) is 4.42. The van der Waals surface area contributed by atoms with Crippen molar-refractivity contribution in [2.24, 2.45) is 5.92 Å². The lowest BCUT2D eigenvalue weighted by Crippen LogP contribution is -2.16. The van der Waals surface area contributed by atoms with Crippen LogP contribution < -0.4 is 5.32 Å². The minimum Gasteiger partial charge on any atom is -0.478 e. The lowest BCUT2D eigenvalue weighted by Gasteiger charge is -2.15. The molecule has 100 valence electrons. The molecule has 0 radical (unpaired) electrons. The second-order valence-electron chi connectivity index (χ2n) is 4.04. The molecule has 3 N–H and O–H groups in total. The predicted octanol–water partition coefficient (Wildman–Crippen LogP) is 2.25. The van der Waals surface area contributed by atoms with Gasteiger partial charge in [0.2, 0.25) is 0 Å². The normalized spacial score (nSPS) is 12.2. The lowest BCUT2D eigenvalue weighted by atomic mass is 10.0. The van der Waals surface area contributed by atoms with Crippen molar-refractivity contribution >= 4 is 23.4 Å². The summed E-state index contributed by atoms with van der Waals surface area (Å²) >= 11 is 5.75. The number of carboxylic acid groups (broad SMARTS) is 1. The number of anilines is 1.